The van der Waals surface area contributed by atoms with Gasteiger partial charge in [0, 0.05) is 11.6 Å². The molecule has 174 valence electrons. The van der Waals surface area contributed by atoms with Crippen molar-refractivity contribution >= 4 is 17.7 Å². The number of hydrogen-bond donors (Lipinski definition) is 1. The van der Waals surface area contributed by atoms with Gasteiger partial charge in [0.2, 0.25) is 0 Å². The fraction of sp³-hybridized carbons (Fsp3) is 0.133. The zero-order valence-electron chi connectivity index (χ0n) is 19.3. The third kappa shape index (κ3) is 4.41. The zero-order valence-corrected chi connectivity index (χ0v) is 19.3. The van der Waals surface area contributed by atoms with Gasteiger partial charge in [-0.1, -0.05) is 72.8 Å². The van der Waals surface area contributed by atoms with Crippen molar-refractivity contribution in [2.45, 2.75) is 19.4 Å². The number of fused-ring (bicyclic) bond motifs is 3. The Kier molecular flexibility index (Phi) is 6.06. The van der Waals surface area contributed by atoms with Gasteiger partial charge in [-0.05, 0) is 64.6 Å². The summed E-state index contributed by atoms with van der Waals surface area (Å²) in [6.07, 6.45) is -0.474. The molecule has 4 aromatic rings. The van der Waals surface area contributed by atoms with E-state index < -0.39 is 12.1 Å². The molecular weight excluding hydrogens is 438 g/mol. The summed E-state index contributed by atoms with van der Waals surface area (Å²) in [5, 5.41) is 9.26. The number of hydrogen-bond acceptors (Lipinski definition) is 3. The average molecular weight is 464 g/mol. The minimum Gasteiger partial charge on any atom is -0.478 e. The Balaban J connectivity index is 1.42. The first-order chi connectivity index (χ1) is 17.0. The lowest BCUT2D eigenvalue weighted by molar-refractivity contribution is 0.0697. The number of carbonyl (C=O) groups excluding carboxylic acids is 1. The van der Waals surface area contributed by atoms with Crippen molar-refractivity contribution < 1.29 is 19.4 Å². The van der Waals surface area contributed by atoms with Gasteiger partial charge in [0.05, 0.1) is 12.1 Å². The van der Waals surface area contributed by atoms with E-state index in [1.807, 2.05) is 55.5 Å². The number of ether oxygens (including phenoxy) is 1. The number of nitrogens with zero attached hydrogens (tertiary/aromatic N) is 1. The molecule has 0 aromatic heterocycles. The molecule has 0 aliphatic heterocycles. The molecule has 0 fully saturated rings. The van der Waals surface area contributed by atoms with E-state index in [0.29, 0.717) is 12.2 Å². The highest BCUT2D eigenvalue weighted by molar-refractivity contribution is 5.91. The summed E-state index contributed by atoms with van der Waals surface area (Å²) >= 11 is 0. The van der Waals surface area contributed by atoms with Crippen LogP contribution in [0.15, 0.2) is 97.1 Å². The molecule has 0 bridgehead atoms. The van der Waals surface area contributed by atoms with E-state index in [9.17, 15) is 14.7 Å². The summed E-state index contributed by atoms with van der Waals surface area (Å²) in [5.74, 6) is -1.05. The molecule has 0 unspecified atom stereocenters. The lowest BCUT2D eigenvalue weighted by Gasteiger charge is -2.24. The normalized spacial score (nSPS) is 12.0. The van der Waals surface area contributed by atoms with Crippen LogP contribution in [0.1, 0.15) is 38.5 Å². The second-order valence-corrected chi connectivity index (χ2v) is 8.67. The van der Waals surface area contributed by atoms with Crippen LogP contribution in [0.3, 0.4) is 0 Å². The summed E-state index contributed by atoms with van der Waals surface area (Å²) in [5.41, 5.74) is 7.44. The Morgan fingerprint density at radius 3 is 1.97 bits per heavy atom. The number of rotatable bonds is 6. The molecule has 5 heteroatoms. The maximum Gasteiger partial charge on any atom is 0.414 e. The minimum absolute atomic E-state index is 0.0407. The van der Waals surface area contributed by atoms with Gasteiger partial charge in [-0.15, -0.1) is 0 Å². The molecule has 0 spiro atoms. The highest BCUT2D eigenvalue weighted by atomic mass is 16.6. The van der Waals surface area contributed by atoms with Crippen LogP contribution in [0.5, 0.6) is 0 Å². The van der Waals surface area contributed by atoms with Crippen molar-refractivity contribution in [3.8, 4) is 11.1 Å². The first kappa shape index (κ1) is 22.4. The monoisotopic (exact) mass is 463 g/mol. The van der Waals surface area contributed by atoms with Crippen molar-refractivity contribution in [1.29, 1.82) is 0 Å². The van der Waals surface area contributed by atoms with Gasteiger partial charge in [-0.3, -0.25) is 4.90 Å². The Hall–Kier alpha value is -4.38. The molecule has 1 amide bonds. The summed E-state index contributed by atoms with van der Waals surface area (Å²) in [6.45, 7) is 2.53. The first-order valence-electron chi connectivity index (χ1n) is 11.5. The van der Waals surface area contributed by atoms with Crippen LogP contribution in [0.4, 0.5) is 10.5 Å². The Bertz CT molecular complexity index is 1350. The van der Waals surface area contributed by atoms with Crippen molar-refractivity contribution in [3.05, 3.63) is 125 Å². The van der Waals surface area contributed by atoms with Crippen LogP contribution in [-0.2, 0) is 11.3 Å². The molecule has 5 nitrogen and oxygen atoms in total. The van der Waals surface area contributed by atoms with Gasteiger partial charge in [-0.2, -0.15) is 0 Å². The maximum atomic E-state index is 13.4. The number of carboxylic acid groups (broad SMARTS) is 1. The summed E-state index contributed by atoms with van der Waals surface area (Å²) in [4.78, 5) is 26.3. The van der Waals surface area contributed by atoms with Crippen LogP contribution in [0, 0.1) is 6.92 Å². The first-order valence-corrected chi connectivity index (χ1v) is 11.5. The van der Waals surface area contributed by atoms with E-state index in [-0.39, 0.29) is 18.1 Å². The van der Waals surface area contributed by atoms with Crippen molar-refractivity contribution in [2.75, 3.05) is 11.5 Å². The second kappa shape index (κ2) is 9.47. The van der Waals surface area contributed by atoms with Gasteiger partial charge in [0.15, 0.2) is 0 Å². The fourth-order valence-electron chi connectivity index (χ4n) is 4.67. The number of aromatic carboxylic acids is 1. The molecule has 1 aliphatic carbocycles. The molecule has 0 radical (unpaired) electrons. The molecule has 4 aromatic carbocycles. The largest absolute Gasteiger partial charge is 0.478 e. The zero-order chi connectivity index (χ0) is 24.4. The van der Waals surface area contributed by atoms with Crippen LogP contribution in [-0.4, -0.2) is 23.8 Å². The highest BCUT2D eigenvalue weighted by Gasteiger charge is 2.30. The molecular formula is C30H25NO4. The van der Waals surface area contributed by atoms with Gasteiger partial charge < -0.3 is 9.84 Å². The van der Waals surface area contributed by atoms with Gasteiger partial charge in [0.1, 0.15) is 6.61 Å². The fourth-order valence-corrected chi connectivity index (χ4v) is 4.67. The van der Waals surface area contributed by atoms with E-state index in [2.05, 4.69) is 24.3 Å². The molecule has 1 aliphatic rings. The molecule has 1 N–H and O–H groups in total. The molecule has 0 atom stereocenters. The lowest BCUT2D eigenvalue weighted by Crippen LogP contribution is -2.32. The molecule has 35 heavy (non-hydrogen) atoms. The average Bonchev–Trinajstić information content (AvgIpc) is 3.20. The number of carbonyl (C=O) groups is 2. The van der Waals surface area contributed by atoms with Crippen molar-refractivity contribution in [3.63, 3.8) is 0 Å². The standard InChI is InChI=1S/C30H25NO4/c1-20-8-2-3-9-22(20)18-31(23-16-14-21(15-17-23)29(32)33)30(34)35-19-28-26-12-6-4-10-24(26)25-11-5-7-13-27(25)28/h2-17,28H,18-19H2,1H3,(H,32,33). The number of benzene rings is 4. The highest BCUT2D eigenvalue weighted by Crippen LogP contribution is 2.44. The molecule has 0 heterocycles. The SMILES string of the molecule is Cc1ccccc1CN(C(=O)OCC1c2ccccc2-c2ccccc21)c1ccc(C(=O)O)cc1. The van der Waals surface area contributed by atoms with Crippen LogP contribution in [0.25, 0.3) is 11.1 Å². The van der Waals surface area contributed by atoms with E-state index >= 15 is 0 Å². The van der Waals surface area contributed by atoms with E-state index in [1.165, 1.54) is 23.3 Å². The predicted molar refractivity (Wildman–Crippen MR) is 136 cm³/mol. The van der Waals surface area contributed by atoms with E-state index in [4.69, 9.17) is 4.74 Å². The minimum atomic E-state index is -1.01. The smallest absolute Gasteiger partial charge is 0.414 e. The number of anilines is 1. The Labute approximate surface area is 204 Å². The van der Waals surface area contributed by atoms with Gasteiger partial charge >= 0.3 is 12.1 Å². The van der Waals surface area contributed by atoms with Crippen molar-refractivity contribution in [2.24, 2.45) is 0 Å². The third-order valence-electron chi connectivity index (χ3n) is 6.57. The quantitative estimate of drug-likeness (QED) is 0.348. The van der Waals surface area contributed by atoms with Gasteiger partial charge in [0.25, 0.3) is 0 Å². The molecule has 0 saturated carbocycles. The topological polar surface area (TPSA) is 66.8 Å². The van der Waals surface area contributed by atoms with Crippen molar-refractivity contribution in [1.82, 2.24) is 0 Å². The lowest BCUT2D eigenvalue weighted by atomic mass is 9.98. The van der Waals surface area contributed by atoms with Gasteiger partial charge in [-0.25, -0.2) is 9.59 Å². The second-order valence-electron chi connectivity index (χ2n) is 8.67. The van der Waals surface area contributed by atoms with Crippen LogP contribution < -0.4 is 4.90 Å². The molecule has 0 saturated heterocycles. The number of carboxylic acids is 1. The Morgan fingerprint density at radius 2 is 1.37 bits per heavy atom. The maximum absolute atomic E-state index is 13.4. The predicted octanol–water partition coefficient (Wildman–Crippen LogP) is 6.65. The summed E-state index contributed by atoms with van der Waals surface area (Å²) in [7, 11) is 0. The van der Waals surface area contributed by atoms with E-state index in [1.54, 1.807) is 17.0 Å². The third-order valence-corrected chi connectivity index (χ3v) is 6.57. The summed E-state index contributed by atoms with van der Waals surface area (Å²) in [6, 6.07) is 30.6. The number of amides is 1. The van der Waals surface area contributed by atoms with Crippen LogP contribution in [0.2, 0.25) is 0 Å². The molecule has 5 rings (SSSR count). The van der Waals surface area contributed by atoms with E-state index in [0.717, 1.165) is 22.3 Å². The van der Waals surface area contributed by atoms with Crippen LogP contribution >= 0.6 is 0 Å². The Morgan fingerprint density at radius 1 is 0.800 bits per heavy atom. The number of aryl methyl sites for hydroxylation is 1. The summed E-state index contributed by atoms with van der Waals surface area (Å²) < 4.78 is 5.92.